The lowest BCUT2D eigenvalue weighted by Gasteiger charge is -2.10. The molecule has 0 aliphatic rings. The number of rotatable bonds is 3. The van der Waals surface area contributed by atoms with Crippen LogP contribution in [0.1, 0.15) is 0 Å². The highest BCUT2D eigenvalue weighted by Gasteiger charge is 2.08. The first-order chi connectivity index (χ1) is 10.2. The molecule has 21 heavy (non-hydrogen) atoms. The molecule has 0 atom stereocenters. The van der Waals surface area contributed by atoms with Crippen LogP contribution in [0.2, 0.25) is 5.02 Å². The molecular weight excluding hydrogens is 290 g/mol. The highest BCUT2D eigenvalue weighted by Crippen LogP contribution is 2.31. The van der Waals surface area contributed by atoms with Crippen LogP contribution in [0.3, 0.4) is 0 Å². The normalized spacial score (nSPS) is 10.6. The number of nitrogens with zero attached hydrogens (tertiary/aromatic N) is 2. The Hall–Kier alpha value is -2.53. The number of aromatic hydroxyl groups is 1. The molecule has 6 heteroatoms. The minimum atomic E-state index is 0.0969. The fraction of sp³-hybridized carbons (Fsp3) is 0.0667. The Kier molecular flexibility index (Phi) is 3.50. The predicted molar refractivity (Wildman–Crippen MR) is 82.5 cm³/mol. The third kappa shape index (κ3) is 2.68. The van der Waals surface area contributed by atoms with Crippen LogP contribution >= 0.6 is 11.6 Å². The molecule has 2 aromatic carbocycles. The second kappa shape index (κ2) is 5.46. The van der Waals surface area contributed by atoms with Crippen LogP contribution in [0.5, 0.6) is 11.5 Å². The molecule has 0 fully saturated rings. The van der Waals surface area contributed by atoms with Crippen molar-refractivity contribution in [3.05, 3.63) is 47.7 Å². The SMILES string of the molecule is COc1ccc2c(Nc3cc(Cl)ccc3O)ncnc2c1. The summed E-state index contributed by atoms with van der Waals surface area (Å²) in [5, 5.41) is 14.3. The van der Waals surface area contributed by atoms with Gasteiger partial charge in [-0.25, -0.2) is 9.97 Å². The molecule has 0 unspecified atom stereocenters. The van der Waals surface area contributed by atoms with Crippen molar-refractivity contribution in [1.82, 2.24) is 9.97 Å². The topological polar surface area (TPSA) is 67.3 Å². The van der Waals surface area contributed by atoms with Crippen molar-refractivity contribution in [2.75, 3.05) is 12.4 Å². The van der Waals surface area contributed by atoms with Gasteiger partial charge in [0.1, 0.15) is 23.6 Å². The maximum atomic E-state index is 9.87. The standard InChI is InChI=1S/C15H12ClN3O2/c1-21-10-3-4-11-12(7-10)17-8-18-15(11)19-13-6-9(16)2-5-14(13)20/h2-8,20H,1H3,(H,17,18,19). The van der Waals surface area contributed by atoms with E-state index in [0.717, 1.165) is 16.7 Å². The van der Waals surface area contributed by atoms with E-state index in [4.69, 9.17) is 16.3 Å². The Morgan fingerprint density at radius 2 is 2.00 bits per heavy atom. The van der Waals surface area contributed by atoms with Gasteiger partial charge >= 0.3 is 0 Å². The van der Waals surface area contributed by atoms with Crippen LogP contribution in [-0.4, -0.2) is 22.2 Å². The number of aromatic nitrogens is 2. The first kappa shape index (κ1) is 13.5. The summed E-state index contributed by atoms with van der Waals surface area (Å²) in [6.07, 6.45) is 1.45. The van der Waals surface area contributed by atoms with Gasteiger partial charge in [0, 0.05) is 16.5 Å². The van der Waals surface area contributed by atoms with Crippen molar-refractivity contribution in [2.24, 2.45) is 0 Å². The highest BCUT2D eigenvalue weighted by molar-refractivity contribution is 6.31. The van der Waals surface area contributed by atoms with E-state index >= 15 is 0 Å². The van der Waals surface area contributed by atoms with Crippen molar-refractivity contribution in [3.63, 3.8) is 0 Å². The van der Waals surface area contributed by atoms with Crippen LogP contribution in [-0.2, 0) is 0 Å². The third-order valence-corrected chi connectivity index (χ3v) is 3.29. The first-order valence-corrected chi connectivity index (χ1v) is 6.59. The van der Waals surface area contributed by atoms with Gasteiger partial charge in [0.15, 0.2) is 0 Å². The number of nitrogens with one attached hydrogen (secondary N) is 1. The molecule has 0 radical (unpaired) electrons. The van der Waals surface area contributed by atoms with E-state index in [2.05, 4.69) is 15.3 Å². The summed E-state index contributed by atoms with van der Waals surface area (Å²) in [5.41, 5.74) is 1.23. The number of methoxy groups -OCH3 is 1. The van der Waals surface area contributed by atoms with Gasteiger partial charge in [-0.15, -0.1) is 0 Å². The smallest absolute Gasteiger partial charge is 0.141 e. The molecule has 5 nitrogen and oxygen atoms in total. The highest BCUT2D eigenvalue weighted by atomic mass is 35.5. The van der Waals surface area contributed by atoms with E-state index in [9.17, 15) is 5.11 Å². The second-order valence-corrected chi connectivity index (χ2v) is 4.83. The number of phenolic OH excluding ortho intramolecular Hbond substituents is 1. The fourth-order valence-corrected chi connectivity index (χ4v) is 2.17. The monoisotopic (exact) mass is 301 g/mol. The molecule has 0 amide bonds. The Bertz CT molecular complexity index is 808. The molecule has 0 saturated heterocycles. The summed E-state index contributed by atoms with van der Waals surface area (Å²) in [6.45, 7) is 0. The van der Waals surface area contributed by atoms with Crippen LogP contribution in [0.4, 0.5) is 11.5 Å². The van der Waals surface area contributed by atoms with Gasteiger partial charge in [-0.3, -0.25) is 0 Å². The van der Waals surface area contributed by atoms with Crippen LogP contribution in [0.15, 0.2) is 42.7 Å². The number of fused-ring (bicyclic) bond motifs is 1. The van der Waals surface area contributed by atoms with Gasteiger partial charge in [-0.1, -0.05) is 11.6 Å². The van der Waals surface area contributed by atoms with Crippen molar-refractivity contribution in [2.45, 2.75) is 0 Å². The lowest BCUT2D eigenvalue weighted by Crippen LogP contribution is -1.96. The van der Waals surface area contributed by atoms with Gasteiger partial charge < -0.3 is 15.2 Å². The molecule has 3 rings (SSSR count). The summed E-state index contributed by atoms with van der Waals surface area (Å²) >= 11 is 5.94. The average molecular weight is 302 g/mol. The zero-order chi connectivity index (χ0) is 14.8. The number of ether oxygens (including phenoxy) is 1. The van der Waals surface area contributed by atoms with Crippen molar-refractivity contribution in [1.29, 1.82) is 0 Å². The average Bonchev–Trinajstić information content (AvgIpc) is 2.50. The Balaban J connectivity index is 2.06. The molecule has 0 aliphatic heterocycles. The maximum absolute atomic E-state index is 9.87. The number of benzene rings is 2. The van der Waals surface area contributed by atoms with Gasteiger partial charge in [0.05, 0.1) is 18.3 Å². The lowest BCUT2D eigenvalue weighted by molar-refractivity contribution is 0.415. The number of halogens is 1. The summed E-state index contributed by atoms with van der Waals surface area (Å²) < 4.78 is 5.18. The Labute approximate surface area is 126 Å². The molecule has 1 heterocycles. The molecule has 0 aliphatic carbocycles. The van der Waals surface area contributed by atoms with E-state index in [-0.39, 0.29) is 5.75 Å². The van der Waals surface area contributed by atoms with Gasteiger partial charge in [-0.05, 0) is 30.3 Å². The quantitative estimate of drug-likeness (QED) is 0.721. The lowest BCUT2D eigenvalue weighted by atomic mass is 10.2. The van der Waals surface area contributed by atoms with E-state index in [1.54, 1.807) is 19.2 Å². The van der Waals surface area contributed by atoms with Crippen LogP contribution in [0.25, 0.3) is 10.9 Å². The molecule has 106 valence electrons. The number of anilines is 2. The van der Waals surface area contributed by atoms with Gasteiger partial charge in [0.25, 0.3) is 0 Å². The zero-order valence-electron chi connectivity index (χ0n) is 11.2. The second-order valence-electron chi connectivity index (χ2n) is 4.39. The van der Waals surface area contributed by atoms with E-state index < -0.39 is 0 Å². The minimum Gasteiger partial charge on any atom is -0.506 e. The molecule has 0 bridgehead atoms. The summed E-state index contributed by atoms with van der Waals surface area (Å²) in [5.74, 6) is 1.40. The third-order valence-electron chi connectivity index (χ3n) is 3.06. The maximum Gasteiger partial charge on any atom is 0.141 e. The summed E-state index contributed by atoms with van der Waals surface area (Å²) in [7, 11) is 1.60. The molecule has 1 aromatic heterocycles. The van der Waals surface area contributed by atoms with Crippen molar-refractivity contribution in [3.8, 4) is 11.5 Å². The number of hydrogen-bond donors (Lipinski definition) is 2. The molecule has 2 N–H and O–H groups in total. The van der Waals surface area contributed by atoms with Crippen LogP contribution in [0, 0.1) is 0 Å². The van der Waals surface area contributed by atoms with Gasteiger partial charge in [0.2, 0.25) is 0 Å². The number of hydrogen-bond acceptors (Lipinski definition) is 5. The van der Waals surface area contributed by atoms with E-state index in [1.165, 1.54) is 12.4 Å². The van der Waals surface area contributed by atoms with Crippen LogP contribution < -0.4 is 10.1 Å². The molecule has 0 spiro atoms. The van der Waals surface area contributed by atoms with E-state index in [0.29, 0.717) is 16.5 Å². The Morgan fingerprint density at radius 3 is 2.81 bits per heavy atom. The van der Waals surface area contributed by atoms with Gasteiger partial charge in [-0.2, -0.15) is 0 Å². The largest absolute Gasteiger partial charge is 0.506 e. The van der Waals surface area contributed by atoms with E-state index in [1.807, 2.05) is 18.2 Å². The predicted octanol–water partition coefficient (Wildman–Crippen LogP) is 3.74. The molecular formula is C15H12ClN3O2. The summed E-state index contributed by atoms with van der Waals surface area (Å²) in [4.78, 5) is 8.42. The minimum absolute atomic E-state index is 0.0969. The molecule has 3 aromatic rings. The zero-order valence-corrected chi connectivity index (χ0v) is 11.9. The number of phenols is 1. The molecule has 0 saturated carbocycles. The van der Waals surface area contributed by atoms with Crippen molar-refractivity contribution >= 4 is 34.0 Å². The summed E-state index contributed by atoms with van der Waals surface area (Å²) in [6, 6.07) is 10.3. The first-order valence-electron chi connectivity index (χ1n) is 6.21. The Morgan fingerprint density at radius 1 is 1.14 bits per heavy atom. The fourth-order valence-electron chi connectivity index (χ4n) is 2.00. The van der Waals surface area contributed by atoms with Crippen molar-refractivity contribution < 1.29 is 9.84 Å².